The molecule has 1 aromatic rings. The first kappa shape index (κ1) is 10.2. The summed E-state index contributed by atoms with van der Waals surface area (Å²) >= 11 is 3.07. The molecule has 0 amide bonds. The number of nitrogens with one attached hydrogen (secondary N) is 1. The van der Waals surface area contributed by atoms with Gasteiger partial charge in [0, 0.05) is 0 Å². The van der Waals surface area contributed by atoms with Crippen molar-refractivity contribution in [3.63, 3.8) is 0 Å². The molecule has 0 fully saturated rings. The van der Waals surface area contributed by atoms with E-state index in [1.807, 2.05) is 0 Å². The van der Waals surface area contributed by atoms with Crippen LogP contribution in [0.4, 0.5) is 0 Å². The van der Waals surface area contributed by atoms with Gasteiger partial charge in [0.15, 0.2) is 0 Å². The number of nitrogens with zero attached hydrogens (tertiary/aromatic N) is 1. The Morgan fingerprint density at radius 1 is 1.69 bits per heavy atom. The summed E-state index contributed by atoms with van der Waals surface area (Å²) in [6, 6.07) is 0. The molecule has 0 aliphatic rings. The number of H-pyrrole nitrogens is 1. The SMILES string of the molecule is NCCCOc1nc[nH]c(=O)c1Br. The minimum Gasteiger partial charge on any atom is -0.477 e. The van der Waals surface area contributed by atoms with Crippen LogP contribution in [0.25, 0.3) is 0 Å². The van der Waals surface area contributed by atoms with Crippen LogP contribution in [0.1, 0.15) is 6.42 Å². The molecule has 72 valence electrons. The highest BCUT2D eigenvalue weighted by Gasteiger charge is 2.05. The number of halogens is 1. The molecule has 0 aromatic carbocycles. The monoisotopic (exact) mass is 247 g/mol. The zero-order valence-corrected chi connectivity index (χ0v) is 8.50. The van der Waals surface area contributed by atoms with Gasteiger partial charge in [0.2, 0.25) is 5.88 Å². The molecule has 5 nitrogen and oxygen atoms in total. The number of rotatable bonds is 4. The van der Waals surface area contributed by atoms with Crippen LogP contribution >= 0.6 is 15.9 Å². The van der Waals surface area contributed by atoms with Crippen LogP contribution in [0.5, 0.6) is 5.88 Å². The number of ether oxygens (including phenoxy) is 1. The van der Waals surface area contributed by atoms with E-state index in [0.29, 0.717) is 23.5 Å². The molecule has 3 N–H and O–H groups in total. The quantitative estimate of drug-likeness (QED) is 0.749. The number of aromatic nitrogens is 2. The lowest BCUT2D eigenvalue weighted by Crippen LogP contribution is -2.12. The van der Waals surface area contributed by atoms with Gasteiger partial charge in [-0.1, -0.05) is 0 Å². The van der Waals surface area contributed by atoms with Gasteiger partial charge in [0.05, 0.1) is 12.9 Å². The highest BCUT2D eigenvalue weighted by molar-refractivity contribution is 9.10. The van der Waals surface area contributed by atoms with E-state index in [4.69, 9.17) is 10.5 Å². The summed E-state index contributed by atoms with van der Waals surface area (Å²) in [5, 5.41) is 0. The molecule has 1 heterocycles. The molecule has 0 saturated carbocycles. The number of aromatic amines is 1. The van der Waals surface area contributed by atoms with Crippen molar-refractivity contribution in [1.29, 1.82) is 0 Å². The van der Waals surface area contributed by atoms with E-state index in [9.17, 15) is 4.79 Å². The second kappa shape index (κ2) is 4.98. The highest BCUT2D eigenvalue weighted by atomic mass is 79.9. The second-order valence-electron chi connectivity index (χ2n) is 2.34. The van der Waals surface area contributed by atoms with Crippen molar-refractivity contribution in [2.75, 3.05) is 13.2 Å². The zero-order valence-electron chi connectivity index (χ0n) is 6.92. The lowest BCUT2D eigenvalue weighted by Gasteiger charge is -2.04. The van der Waals surface area contributed by atoms with Crippen LogP contribution in [-0.2, 0) is 0 Å². The molecule has 0 aliphatic heterocycles. The third-order valence-corrected chi connectivity index (χ3v) is 2.05. The van der Waals surface area contributed by atoms with E-state index in [1.54, 1.807) is 0 Å². The van der Waals surface area contributed by atoms with E-state index in [1.165, 1.54) is 6.33 Å². The third kappa shape index (κ3) is 2.82. The van der Waals surface area contributed by atoms with Crippen molar-refractivity contribution in [2.45, 2.75) is 6.42 Å². The fraction of sp³-hybridized carbons (Fsp3) is 0.429. The van der Waals surface area contributed by atoms with E-state index in [2.05, 4.69) is 25.9 Å². The van der Waals surface area contributed by atoms with Gasteiger partial charge < -0.3 is 15.5 Å². The van der Waals surface area contributed by atoms with Crippen molar-refractivity contribution in [3.8, 4) is 5.88 Å². The Labute approximate surface area is 83.4 Å². The first-order valence-corrected chi connectivity index (χ1v) is 4.61. The average molecular weight is 248 g/mol. The van der Waals surface area contributed by atoms with Crippen molar-refractivity contribution < 1.29 is 4.74 Å². The molecule has 1 rings (SSSR count). The van der Waals surface area contributed by atoms with Crippen molar-refractivity contribution in [1.82, 2.24) is 9.97 Å². The molecule has 13 heavy (non-hydrogen) atoms. The van der Waals surface area contributed by atoms with Crippen LogP contribution in [0.15, 0.2) is 15.6 Å². The Bertz CT molecular complexity index is 326. The van der Waals surface area contributed by atoms with Gasteiger partial charge in [-0.15, -0.1) is 0 Å². The Morgan fingerprint density at radius 3 is 3.15 bits per heavy atom. The molecule has 0 radical (unpaired) electrons. The molecule has 0 bridgehead atoms. The van der Waals surface area contributed by atoms with Crippen LogP contribution in [0, 0.1) is 0 Å². The van der Waals surface area contributed by atoms with E-state index >= 15 is 0 Å². The predicted molar refractivity (Wildman–Crippen MR) is 51.7 cm³/mol. The smallest absolute Gasteiger partial charge is 0.268 e. The molecule has 0 spiro atoms. The molecular weight excluding hydrogens is 238 g/mol. The molecule has 0 saturated heterocycles. The first-order valence-electron chi connectivity index (χ1n) is 3.81. The van der Waals surface area contributed by atoms with Gasteiger partial charge >= 0.3 is 0 Å². The van der Waals surface area contributed by atoms with Crippen molar-refractivity contribution in [2.24, 2.45) is 5.73 Å². The molecule has 1 aromatic heterocycles. The summed E-state index contributed by atoms with van der Waals surface area (Å²) in [5.41, 5.74) is 5.03. The molecular formula is C7H10BrN3O2. The normalized spacial score (nSPS) is 10.0. The summed E-state index contributed by atoms with van der Waals surface area (Å²) in [7, 11) is 0. The highest BCUT2D eigenvalue weighted by Crippen LogP contribution is 2.15. The number of hydrogen-bond acceptors (Lipinski definition) is 4. The zero-order chi connectivity index (χ0) is 9.68. The van der Waals surface area contributed by atoms with Crippen LogP contribution in [-0.4, -0.2) is 23.1 Å². The summed E-state index contributed by atoms with van der Waals surface area (Å²) in [4.78, 5) is 17.3. The standard InChI is InChI=1S/C7H10BrN3O2/c8-5-6(12)10-4-11-7(5)13-3-1-2-9/h4H,1-3,9H2,(H,10,11,12). The van der Waals surface area contributed by atoms with Crippen molar-refractivity contribution >= 4 is 15.9 Å². The molecule has 0 aliphatic carbocycles. The maximum absolute atomic E-state index is 11.0. The van der Waals surface area contributed by atoms with Crippen molar-refractivity contribution in [3.05, 3.63) is 21.2 Å². The second-order valence-corrected chi connectivity index (χ2v) is 3.13. The lowest BCUT2D eigenvalue weighted by molar-refractivity contribution is 0.298. The fourth-order valence-corrected chi connectivity index (χ4v) is 1.05. The molecule has 0 unspecified atom stereocenters. The molecule has 6 heteroatoms. The number of hydrogen-bond donors (Lipinski definition) is 2. The topological polar surface area (TPSA) is 81.0 Å². The largest absolute Gasteiger partial charge is 0.477 e. The van der Waals surface area contributed by atoms with Gasteiger partial charge in [-0.25, -0.2) is 4.98 Å². The first-order chi connectivity index (χ1) is 6.25. The van der Waals surface area contributed by atoms with Crippen LogP contribution < -0.4 is 16.0 Å². The van der Waals surface area contributed by atoms with Crippen LogP contribution in [0.3, 0.4) is 0 Å². The summed E-state index contributed by atoms with van der Waals surface area (Å²) in [5.74, 6) is 0.303. The Balaban J connectivity index is 2.66. The average Bonchev–Trinajstić information content (AvgIpc) is 2.13. The maximum atomic E-state index is 11.0. The summed E-state index contributed by atoms with van der Waals surface area (Å²) in [6.45, 7) is 1.02. The van der Waals surface area contributed by atoms with E-state index < -0.39 is 0 Å². The van der Waals surface area contributed by atoms with Crippen LogP contribution in [0.2, 0.25) is 0 Å². The number of nitrogens with two attached hydrogens (primary N) is 1. The Hall–Kier alpha value is -0.880. The predicted octanol–water partition coefficient (Wildman–Crippen LogP) is 0.260. The van der Waals surface area contributed by atoms with E-state index in [0.717, 1.165) is 6.42 Å². The summed E-state index contributed by atoms with van der Waals surface area (Å²) in [6.07, 6.45) is 2.03. The minimum absolute atomic E-state index is 0.252. The summed E-state index contributed by atoms with van der Waals surface area (Å²) < 4.78 is 5.51. The van der Waals surface area contributed by atoms with Gasteiger partial charge in [0.25, 0.3) is 5.56 Å². The Kier molecular flexibility index (Phi) is 3.91. The minimum atomic E-state index is -0.252. The third-order valence-electron chi connectivity index (χ3n) is 1.35. The lowest BCUT2D eigenvalue weighted by atomic mass is 10.5. The fourth-order valence-electron chi connectivity index (χ4n) is 0.719. The van der Waals surface area contributed by atoms with Gasteiger partial charge in [-0.2, -0.15) is 0 Å². The maximum Gasteiger partial charge on any atom is 0.268 e. The Morgan fingerprint density at radius 2 is 2.46 bits per heavy atom. The molecule has 0 atom stereocenters. The van der Waals surface area contributed by atoms with Gasteiger partial charge in [-0.05, 0) is 28.9 Å². The van der Waals surface area contributed by atoms with E-state index in [-0.39, 0.29) is 5.56 Å². The van der Waals surface area contributed by atoms with Gasteiger partial charge in [-0.3, -0.25) is 4.79 Å². The van der Waals surface area contributed by atoms with Gasteiger partial charge in [0.1, 0.15) is 4.47 Å².